The maximum atomic E-state index is 14.8. The quantitative estimate of drug-likeness (QED) is 0.235. The number of rotatable bonds is 5. The number of aryl methyl sites for hydroxylation is 2. The van der Waals surface area contributed by atoms with Gasteiger partial charge in [-0.25, -0.2) is 9.18 Å². The molecule has 0 amide bonds. The van der Waals surface area contributed by atoms with Gasteiger partial charge < -0.3 is 20.1 Å². The van der Waals surface area contributed by atoms with E-state index in [1.807, 2.05) is 66.9 Å². The molecule has 7 rings (SSSR count). The van der Waals surface area contributed by atoms with Crippen LogP contribution in [0.15, 0.2) is 78.9 Å². The van der Waals surface area contributed by atoms with Crippen molar-refractivity contribution in [3.8, 4) is 28.1 Å². The molecule has 178 valence electrons. The van der Waals surface area contributed by atoms with Crippen LogP contribution in [0.25, 0.3) is 33.3 Å². The van der Waals surface area contributed by atoms with Crippen molar-refractivity contribution in [1.82, 2.24) is 4.57 Å². The minimum atomic E-state index is -0.999. The number of benzene rings is 4. The fraction of sp³-hybridized carbons (Fsp3) is 0.100. The summed E-state index contributed by atoms with van der Waals surface area (Å²) in [5.74, 6) is -1.50. The van der Waals surface area contributed by atoms with Gasteiger partial charge in [0, 0.05) is 28.1 Å². The lowest BCUT2D eigenvalue weighted by molar-refractivity contribution is 0.0697. The number of aromatic nitrogens is 1. The Balaban J connectivity index is 1.46. The highest BCUT2D eigenvalue weighted by Gasteiger charge is 2.39. The van der Waals surface area contributed by atoms with Crippen LogP contribution in [0.5, 0.6) is 5.75 Å². The van der Waals surface area contributed by atoms with E-state index in [9.17, 15) is 19.4 Å². The number of para-hydroxylation sites is 1. The Morgan fingerprint density at radius 1 is 0.917 bits per heavy atom. The molecular weight excluding hydrogens is 455 g/mol. The topological polar surface area (TPSA) is 74.5 Å². The Bertz CT molecular complexity index is 1660. The number of hydrogen-bond acceptors (Lipinski definition) is 3. The predicted molar refractivity (Wildman–Crippen MR) is 139 cm³/mol. The van der Waals surface area contributed by atoms with Crippen molar-refractivity contribution in [2.45, 2.75) is 20.0 Å². The fourth-order valence-electron chi connectivity index (χ4n) is 5.17. The van der Waals surface area contributed by atoms with Gasteiger partial charge in [-0.2, -0.15) is 0 Å². The summed E-state index contributed by atoms with van der Waals surface area (Å²) in [6, 6.07) is 23.1. The van der Waals surface area contributed by atoms with E-state index in [-0.39, 0.29) is 23.2 Å². The van der Waals surface area contributed by atoms with E-state index in [0.29, 0.717) is 11.1 Å². The van der Waals surface area contributed by atoms with Crippen molar-refractivity contribution in [2.75, 3.05) is 5.32 Å². The smallest absolute Gasteiger partial charge is 0.336 e. The van der Waals surface area contributed by atoms with Crippen LogP contribution in [0.4, 0.5) is 10.1 Å². The maximum Gasteiger partial charge on any atom is 0.336 e. The summed E-state index contributed by atoms with van der Waals surface area (Å²) in [5.41, 5.74) is 7.06. The van der Waals surface area contributed by atoms with Crippen LogP contribution in [0.1, 0.15) is 33.2 Å². The van der Waals surface area contributed by atoms with Gasteiger partial charge in [-0.15, -0.1) is 0 Å². The molecule has 3 N–H and O–H groups in total. The van der Waals surface area contributed by atoms with E-state index in [0.717, 1.165) is 38.9 Å². The first-order valence-corrected chi connectivity index (χ1v) is 11.7. The van der Waals surface area contributed by atoms with Crippen molar-refractivity contribution in [1.29, 1.82) is 0 Å². The van der Waals surface area contributed by atoms with Crippen LogP contribution in [-0.4, -0.2) is 20.7 Å². The van der Waals surface area contributed by atoms with Crippen molar-refractivity contribution >= 4 is 22.6 Å². The summed E-state index contributed by atoms with van der Waals surface area (Å²) >= 11 is 0. The van der Waals surface area contributed by atoms with Gasteiger partial charge in [-0.05, 0) is 48.7 Å². The zero-order valence-electron chi connectivity index (χ0n) is 19.7. The summed E-state index contributed by atoms with van der Waals surface area (Å²) in [6.07, 6.45) is -0.375. The molecule has 4 aromatic carbocycles. The zero-order chi connectivity index (χ0) is 25.1. The molecule has 6 heteroatoms. The lowest BCUT2D eigenvalue weighted by Gasteiger charge is -2.33. The van der Waals surface area contributed by atoms with Gasteiger partial charge in [0.1, 0.15) is 17.7 Å². The Kier molecular flexibility index (Phi) is 4.86. The zero-order valence-corrected chi connectivity index (χ0v) is 19.7. The molecule has 0 fully saturated rings. The Morgan fingerprint density at radius 2 is 1.67 bits per heavy atom. The average Bonchev–Trinajstić information content (AvgIpc) is 3.37. The Morgan fingerprint density at radius 3 is 2.42 bits per heavy atom. The second kappa shape index (κ2) is 7.99. The number of phenols is 1. The molecule has 2 aliphatic rings. The number of carbonyl (C=O) groups is 1. The number of hydrogen-bond donors (Lipinski definition) is 3. The third kappa shape index (κ3) is 3.18. The molecule has 1 aromatic heterocycles. The molecule has 2 bridgehead atoms. The van der Waals surface area contributed by atoms with Gasteiger partial charge in [-0.1, -0.05) is 54.6 Å². The van der Waals surface area contributed by atoms with Crippen molar-refractivity contribution < 1.29 is 19.4 Å². The van der Waals surface area contributed by atoms with Crippen molar-refractivity contribution in [3.05, 3.63) is 107 Å². The van der Waals surface area contributed by atoms with E-state index < -0.39 is 11.8 Å². The first-order valence-electron chi connectivity index (χ1n) is 11.7. The number of phenolic OH excluding ortho intramolecular Hbond substituents is 1. The van der Waals surface area contributed by atoms with E-state index in [1.165, 1.54) is 12.1 Å². The van der Waals surface area contributed by atoms with Crippen LogP contribution in [0.3, 0.4) is 0 Å². The summed E-state index contributed by atoms with van der Waals surface area (Å²) < 4.78 is 16.8. The highest BCUT2D eigenvalue weighted by Crippen LogP contribution is 2.51. The molecule has 2 aliphatic heterocycles. The van der Waals surface area contributed by atoms with Gasteiger partial charge in [0.25, 0.3) is 0 Å². The highest BCUT2D eigenvalue weighted by molar-refractivity contribution is 6.03. The Labute approximate surface area is 207 Å². The number of nitrogens with one attached hydrogen (secondary N) is 1. The lowest BCUT2D eigenvalue weighted by Crippen LogP contribution is -2.27. The maximum absolute atomic E-state index is 14.8. The first kappa shape index (κ1) is 21.9. The molecular formula is C30H23FN2O3. The normalized spacial score (nSPS) is 14.0. The molecule has 0 spiro atoms. The second-order valence-electron chi connectivity index (χ2n) is 9.20. The molecule has 3 heterocycles. The van der Waals surface area contributed by atoms with Crippen LogP contribution < -0.4 is 5.32 Å². The van der Waals surface area contributed by atoms with Crippen molar-refractivity contribution in [2.24, 2.45) is 0 Å². The van der Waals surface area contributed by atoms with Gasteiger partial charge in [0.15, 0.2) is 0 Å². The van der Waals surface area contributed by atoms with Gasteiger partial charge in [0.2, 0.25) is 0 Å². The van der Waals surface area contributed by atoms with Gasteiger partial charge >= 0.3 is 5.97 Å². The fourth-order valence-corrected chi connectivity index (χ4v) is 5.17. The number of nitrogens with zero attached hydrogens (tertiary/aromatic N) is 1. The van der Waals surface area contributed by atoms with Crippen LogP contribution in [0.2, 0.25) is 0 Å². The van der Waals surface area contributed by atoms with E-state index in [1.54, 1.807) is 18.2 Å². The lowest BCUT2D eigenvalue weighted by atomic mass is 9.94. The predicted octanol–water partition coefficient (Wildman–Crippen LogP) is 7.11. The Hall–Kier alpha value is -4.58. The standard InChI is InChI=1S/C30H23FN2O3/c1-16-11-12-18(13-17(16)2)23-14-19(31)15-24(28(23)34)32-29-26-22-9-5-6-10-25(22)33(29)27(26)20-7-3-4-8-21(20)30(35)36/h3-15,29,32,34H,1-2H3,(H,35,36). The number of aromatic carboxylic acids is 1. The molecule has 1 unspecified atom stereocenters. The highest BCUT2D eigenvalue weighted by atomic mass is 19.1. The first-order chi connectivity index (χ1) is 17.3. The summed E-state index contributed by atoms with van der Waals surface area (Å²) in [7, 11) is 0. The van der Waals surface area contributed by atoms with Gasteiger partial charge in [0.05, 0.1) is 22.5 Å². The SMILES string of the molecule is Cc1ccc(-c2cc(F)cc(NC3c4c(-c5ccccc5C(=O)O)n3c3ccccc43)c2O)cc1C. The molecule has 0 aliphatic carbocycles. The molecule has 0 saturated carbocycles. The third-order valence-corrected chi connectivity index (χ3v) is 7.08. The van der Waals surface area contributed by atoms with E-state index in [2.05, 4.69) is 5.32 Å². The van der Waals surface area contributed by atoms with Crippen molar-refractivity contribution in [3.63, 3.8) is 0 Å². The summed E-state index contributed by atoms with van der Waals surface area (Å²) in [6.45, 7) is 3.98. The minimum Gasteiger partial charge on any atom is -0.505 e. The van der Waals surface area contributed by atoms with Crippen LogP contribution >= 0.6 is 0 Å². The minimum absolute atomic E-state index is 0.0377. The largest absolute Gasteiger partial charge is 0.505 e. The third-order valence-electron chi connectivity index (χ3n) is 7.08. The molecule has 0 radical (unpaired) electrons. The molecule has 0 saturated heterocycles. The average molecular weight is 479 g/mol. The number of anilines is 1. The number of carboxylic acid groups (broad SMARTS) is 1. The number of aromatic hydroxyl groups is 1. The van der Waals surface area contributed by atoms with E-state index in [4.69, 9.17) is 0 Å². The molecule has 5 nitrogen and oxygen atoms in total. The monoisotopic (exact) mass is 478 g/mol. The number of halogens is 1. The van der Waals surface area contributed by atoms with Crippen LogP contribution in [0, 0.1) is 19.7 Å². The number of carboxylic acids is 1. The second-order valence-corrected chi connectivity index (χ2v) is 9.20. The summed E-state index contributed by atoms with van der Waals surface area (Å²) in [4.78, 5) is 11.9. The summed E-state index contributed by atoms with van der Waals surface area (Å²) in [5, 5.41) is 25.2. The van der Waals surface area contributed by atoms with Crippen LogP contribution in [-0.2, 0) is 0 Å². The molecule has 5 aromatic rings. The molecule has 1 atom stereocenters. The van der Waals surface area contributed by atoms with E-state index >= 15 is 0 Å². The van der Waals surface area contributed by atoms with Gasteiger partial charge in [-0.3, -0.25) is 0 Å². The molecule has 36 heavy (non-hydrogen) atoms.